The summed E-state index contributed by atoms with van der Waals surface area (Å²) in [4.78, 5) is 13.4. The highest BCUT2D eigenvalue weighted by Gasteiger charge is 2.18. The molecule has 0 spiro atoms. The Balaban J connectivity index is 1.64. The second kappa shape index (κ2) is 9.09. The van der Waals surface area contributed by atoms with Crippen molar-refractivity contribution >= 4 is 23.3 Å². The molecular weight excluding hydrogens is 362 g/mol. The second-order valence-electron chi connectivity index (χ2n) is 5.78. The Morgan fingerprint density at radius 3 is 2.70 bits per heavy atom. The van der Waals surface area contributed by atoms with Gasteiger partial charge in [-0.3, -0.25) is 4.79 Å². The number of thiophene rings is 1. The number of methoxy groups -OCH3 is 2. The van der Waals surface area contributed by atoms with E-state index in [4.69, 9.17) is 13.9 Å². The van der Waals surface area contributed by atoms with E-state index in [-0.39, 0.29) is 11.8 Å². The van der Waals surface area contributed by atoms with Crippen LogP contribution in [0, 0.1) is 0 Å². The van der Waals surface area contributed by atoms with Gasteiger partial charge in [0.1, 0.15) is 5.76 Å². The third-order valence-corrected chi connectivity index (χ3v) is 5.07. The molecule has 6 heteroatoms. The van der Waals surface area contributed by atoms with Gasteiger partial charge >= 0.3 is 0 Å². The first-order valence-electron chi connectivity index (χ1n) is 8.46. The molecule has 5 nitrogen and oxygen atoms in total. The first-order valence-corrected chi connectivity index (χ1v) is 9.34. The monoisotopic (exact) mass is 383 g/mol. The summed E-state index contributed by atoms with van der Waals surface area (Å²) >= 11 is 1.64. The first kappa shape index (κ1) is 18.8. The van der Waals surface area contributed by atoms with E-state index in [1.54, 1.807) is 44.0 Å². The summed E-state index contributed by atoms with van der Waals surface area (Å²) < 4.78 is 16.0. The summed E-state index contributed by atoms with van der Waals surface area (Å²) in [6.45, 7) is 0.461. The lowest BCUT2D eigenvalue weighted by atomic mass is 10.0. The van der Waals surface area contributed by atoms with E-state index in [2.05, 4.69) is 5.32 Å². The van der Waals surface area contributed by atoms with Crippen LogP contribution >= 0.6 is 11.3 Å². The molecule has 2 aromatic heterocycles. The van der Waals surface area contributed by atoms with Gasteiger partial charge in [0.25, 0.3) is 0 Å². The van der Waals surface area contributed by atoms with Gasteiger partial charge in [-0.25, -0.2) is 0 Å². The van der Waals surface area contributed by atoms with Gasteiger partial charge in [-0.1, -0.05) is 12.1 Å². The molecule has 1 atom stereocenters. The Bertz CT molecular complexity index is 851. The van der Waals surface area contributed by atoms with Gasteiger partial charge in [-0.05, 0) is 47.4 Å². The molecule has 0 aliphatic rings. The SMILES string of the molecule is COc1ccc(/C=C/C(=O)NC[C@H](c2ccco2)c2cccs2)cc1OC. The Morgan fingerprint density at radius 2 is 2.04 bits per heavy atom. The Hall–Kier alpha value is -2.99. The van der Waals surface area contributed by atoms with Crippen LogP contribution in [0.5, 0.6) is 11.5 Å². The summed E-state index contributed by atoms with van der Waals surface area (Å²) in [7, 11) is 3.17. The van der Waals surface area contributed by atoms with Gasteiger partial charge in [0.2, 0.25) is 5.91 Å². The molecule has 1 N–H and O–H groups in total. The Morgan fingerprint density at radius 1 is 1.19 bits per heavy atom. The lowest BCUT2D eigenvalue weighted by molar-refractivity contribution is -0.116. The van der Waals surface area contributed by atoms with Crippen molar-refractivity contribution in [1.29, 1.82) is 0 Å². The van der Waals surface area contributed by atoms with Crippen molar-refractivity contribution in [2.75, 3.05) is 20.8 Å². The smallest absolute Gasteiger partial charge is 0.244 e. The van der Waals surface area contributed by atoms with Crippen molar-refractivity contribution in [3.63, 3.8) is 0 Å². The molecule has 3 aromatic rings. The third-order valence-electron chi connectivity index (χ3n) is 4.09. The maximum absolute atomic E-state index is 12.3. The van der Waals surface area contributed by atoms with E-state index in [9.17, 15) is 4.79 Å². The number of benzene rings is 1. The highest BCUT2D eigenvalue weighted by atomic mass is 32.1. The van der Waals surface area contributed by atoms with E-state index in [0.29, 0.717) is 18.0 Å². The molecule has 27 heavy (non-hydrogen) atoms. The molecule has 1 amide bonds. The van der Waals surface area contributed by atoms with Crippen molar-refractivity contribution in [3.8, 4) is 11.5 Å². The quantitative estimate of drug-likeness (QED) is 0.589. The van der Waals surface area contributed by atoms with Crippen LogP contribution in [-0.2, 0) is 4.79 Å². The molecule has 140 valence electrons. The van der Waals surface area contributed by atoms with Crippen LogP contribution in [0.4, 0.5) is 0 Å². The molecule has 0 bridgehead atoms. The maximum atomic E-state index is 12.3. The fraction of sp³-hybridized carbons (Fsp3) is 0.190. The predicted octanol–water partition coefficient (Wildman–Crippen LogP) is 4.32. The Kier molecular flexibility index (Phi) is 6.33. The average Bonchev–Trinajstić information content (AvgIpc) is 3.41. The van der Waals surface area contributed by atoms with Crippen LogP contribution in [0.25, 0.3) is 6.08 Å². The molecule has 0 radical (unpaired) electrons. The highest BCUT2D eigenvalue weighted by molar-refractivity contribution is 7.10. The predicted molar refractivity (Wildman–Crippen MR) is 106 cm³/mol. The zero-order valence-corrected chi connectivity index (χ0v) is 16.0. The summed E-state index contributed by atoms with van der Waals surface area (Å²) in [5, 5.41) is 4.96. The number of carbonyl (C=O) groups is 1. The first-order chi connectivity index (χ1) is 13.2. The summed E-state index contributed by atoms with van der Waals surface area (Å²) in [5.41, 5.74) is 0.851. The fourth-order valence-corrected chi connectivity index (χ4v) is 3.55. The largest absolute Gasteiger partial charge is 0.493 e. The van der Waals surface area contributed by atoms with Gasteiger partial charge in [-0.15, -0.1) is 11.3 Å². The van der Waals surface area contributed by atoms with Crippen LogP contribution in [0.1, 0.15) is 22.1 Å². The Labute approximate surface area is 162 Å². The molecule has 1 aromatic carbocycles. The molecule has 0 saturated heterocycles. The van der Waals surface area contributed by atoms with Crippen molar-refractivity contribution in [1.82, 2.24) is 5.32 Å². The number of hydrogen-bond donors (Lipinski definition) is 1. The fourth-order valence-electron chi connectivity index (χ4n) is 2.71. The molecule has 0 unspecified atom stereocenters. The van der Waals surface area contributed by atoms with E-state index in [1.807, 2.05) is 41.8 Å². The van der Waals surface area contributed by atoms with E-state index in [1.165, 1.54) is 6.08 Å². The third kappa shape index (κ3) is 4.80. The van der Waals surface area contributed by atoms with Gasteiger partial charge < -0.3 is 19.2 Å². The zero-order valence-electron chi connectivity index (χ0n) is 15.2. The lowest BCUT2D eigenvalue weighted by Gasteiger charge is -2.13. The van der Waals surface area contributed by atoms with Crippen molar-refractivity contribution < 1.29 is 18.7 Å². The minimum Gasteiger partial charge on any atom is -0.493 e. The number of hydrogen-bond acceptors (Lipinski definition) is 5. The second-order valence-corrected chi connectivity index (χ2v) is 6.76. The standard InChI is InChI=1S/C21H21NO4S/c1-24-18-9-7-15(13-19(18)25-2)8-10-21(23)22-14-16(17-5-3-11-26-17)20-6-4-12-27-20/h3-13,16H,14H2,1-2H3,(H,22,23)/b10-8+/t16-/m1/s1. The number of rotatable bonds is 8. The minimum absolute atomic E-state index is 0.00145. The van der Waals surface area contributed by atoms with Crippen LogP contribution in [-0.4, -0.2) is 26.7 Å². The number of ether oxygens (including phenoxy) is 2. The summed E-state index contributed by atoms with van der Waals surface area (Å²) in [6, 6.07) is 13.3. The maximum Gasteiger partial charge on any atom is 0.244 e. The normalized spacial score (nSPS) is 12.1. The molecule has 0 aliphatic carbocycles. The molecule has 0 aliphatic heterocycles. The number of nitrogens with one attached hydrogen (secondary N) is 1. The van der Waals surface area contributed by atoms with Gasteiger partial charge in [0.05, 0.1) is 26.4 Å². The minimum atomic E-state index is -0.169. The van der Waals surface area contributed by atoms with Crippen LogP contribution < -0.4 is 14.8 Å². The van der Waals surface area contributed by atoms with Crippen LogP contribution in [0.3, 0.4) is 0 Å². The van der Waals surface area contributed by atoms with E-state index < -0.39 is 0 Å². The highest BCUT2D eigenvalue weighted by Crippen LogP contribution is 2.29. The number of carbonyl (C=O) groups excluding carboxylic acids is 1. The molecule has 3 rings (SSSR count). The van der Waals surface area contributed by atoms with Gasteiger partial charge in [0, 0.05) is 17.5 Å². The van der Waals surface area contributed by atoms with Crippen molar-refractivity contribution in [2.45, 2.75) is 5.92 Å². The lowest BCUT2D eigenvalue weighted by Crippen LogP contribution is -2.26. The molecular formula is C21H21NO4S. The van der Waals surface area contributed by atoms with E-state index in [0.717, 1.165) is 16.2 Å². The summed E-state index contributed by atoms with van der Waals surface area (Å²) in [6.07, 6.45) is 4.90. The van der Waals surface area contributed by atoms with Crippen LogP contribution in [0.15, 0.2) is 64.6 Å². The molecule has 2 heterocycles. The number of amides is 1. The van der Waals surface area contributed by atoms with Crippen molar-refractivity contribution in [2.24, 2.45) is 0 Å². The summed E-state index contributed by atoms with van der Waals surface area (Å²) in [5.74, 6) is 1.94. The van der Waals surface area contributed by atoms with Crippen LogP contribution in [0.2, 0.25) is 0 Å². The molecule has 0 fully saturated rings. The van der Waals surface area contributed by atoms with E-state index >= 15 is 0 Å². The average molecular weight is 383 g/mol. The topological polar surface area (TPSA) is 60.7 Å². The van der Waals surface area contributed by atoms with Gasteiger partial charge in [0.15, 0.2) is 11.5 Å². The van der Waals surface area contributed by atoms with Gasteiger partial charge in [-0.2, -0.15) is 0 Å². The zero-order chi connectivity index (χ0) is 19.1. The van der Waals surface area contributed by atoms with Crippen molar-refractivity contribution in [3.05, 3.63) is 76.4 Å². The number of furan rings is 1. The molecule has 0 saturated carbocycles.